The van der Waals surface area contributed by atoms with Crippen molar-refractivity contribution in [1.82, 2.24) is 10.6 Å². The molecule has 4 heteroatoms. The van der Waals surface area contributed by atoms with Gasteiger partial charge in [0.1, 0.15) is 0 Å². The van der Waals surface area contributed by atoms with Gasteiger partial charge in [-0.2, -0.15) is 0 Å². The molecule has 0 aliphatic rings. The third-order valence-corrected chi connectivity index (χ3v) is 2.01. The number of benzene rings is 1. The van der Waals surface area contributed by atoms with Crippen molar-refractivity contribution in [2.75, 3.05) is 7.05 Å². The quantitative estimate of drug-likeness (QED) is 0.815. The predicted octanol–water partition coefficient (Wildman–Crippen LogP) is 1.38. The van der Waals surface area contributed by atoms with Crippen LogP contribution in [-0.2, 0) is 16.1 Å². The number of hydrogen-bond acceptors (Lipinski definition) is 2. The fourth-order valence-electron chi connectivity index (χ4n) is 0.932. The Hall–Kier alpha value is -1.84. The van der Waals surface area contributed by atoms with Crippen molar-refractivity contribution >= 4 is 11.8 Å². The van der Waals surface area contributed by atoms with Gasteiger partial charge in [-0.1, -0.05) is 29.8 Å². The normalized spacial score (nSPS) is 8.71. The molecule has 1 rings (SSSR count). The van der Waals surface area contributed by atoms with Crippen LogP contribution >= 0.6 is 0 Å². The maximum Gasteiger partial charge on any atom is 0.217 e. The summed E-state index contributed by atoms with van der Waals surface area (Å²) in [7, 11) is 1.60. The second-order valence-electron chi connectivity index (χ2n) is 3.70. The first-order chi connectivity index (χ1) is 7.95. The third kappa shape index (κ3) is 9.11. The lowest BCUT2D eigenvalue weighted by molar-refractivity contribution is -0.119. The van der Waals surface area contributed by atoms with Crippen molar-refractivity contribution in [2.24, 2.45) is 0 Å². The second kappa shape index (κ2) is 8.33. The molecule has 0 atom stereocenters. The van der Waals surface area contributed by atoms with Gasteiger partial charge in [-0.3, -0.25) is 9.59 Å². The Morgan fingerprint density at radius 2 is 1.53 bits per heavy atom. The average molecular weight is 236 g/mol. The third-order valence-electron chi connectivity index (χ3n) is 2.01. The number of aryl methyl sites for hydroxylation is 1. The molecule has 0 unspecified atom stereocenters. The Labute approximate surface area is 102 Å². The van der Waals surface area contributed by atoms with E-state index in [1.165, 1.54) is 19.4 Å². The Kier molecular flexibility index (Phi) is 7.43. The predicted molar refractivity (Wildman–Crippen MR) is 68.4 cm³/mol. The highest BCUT2D eigenvalue weighted by molar-refractivity contribution is 5.72. The number of rotatable bonds is 2. The molecular weight excluding hydrogens is 216 g/mol. The molecule has 17 heavy (non-hydrogen) atoms. The van der Waals surface area contributed by atoms with Crippen LogP contribution in [0.3, 0.4) is 0 Å². The van der Waals surface area contributed by atoms with E-state index in [9.17, 15) is 9.59 Å². The zero-order valence-electron chi connectivity index (χ0n) is 10.8. The molecular formula is C13H20N2O2. The molecule has 0 aliphatic heterocycles. The smallest absolute Gasteiger partial charge is 0.217 e. The Balaban J connectivity index is 0.000000437. The lowest BCUT2D eigenvalue weighted by Crippen LogP contribution is -2.18. The Morgan fingerprint density at radius 1 is 1.06 bits per heavy atom. The van der Waals surface area contributed by atoms with Crippen molar-refractivity contribution in [3.05, 3.63) is 35.4 Å². The standard InChI is InChI=1S/C10H13NO.C3H7NO/c1-8-3-5-10(6-4-8)7-11-9(2)12;1-3(5)4-2/h3-6H,7H2,1-2H3,(H,11,12);1-2H3,(H,4,5). The summed E-state index contributed by atoms with van der Waals surface area (Å²) in [6.07, 6.45) is 0. The number of amides is 2. The average Bonchev–Trinajstić information content (AvgIpc) is 2.29. The lowest BCUT2D eigenvalue weighted by atomic mass is 10.1. The molecule has 0 spiro atoms. The van der Waals surface area contributed by atoms with Crippen LogP contribution < -0.4 is 10.6 Å². The number of hydrogen-bond donors (Lipinski definition) is 2. The summed E-state index contributed by atoms with van der Waals surface area (Å²) < 4.78 is 0. The summed E-state index contributed by atoms with van der Waals surface area (Å²) in [5.41, 5.74) is 2.37. The zero-order valence-corrected chi connectivity index (χ0v) is 10.8. The van der Waals surface area contributed by atoms with E-state index in [1.54, 1.807) is 7.05 Å². The van der Waals surface area contributed by atoms with Crippen LogP contribution in [0.15, 0.2) is 24.3 Å². The number of carbonyl (C=O) groups is 2. The van der Waals surface area contributed by atoms with E-state index < -0.39 is 0 Å². The van der Waals surface area contributed by atoms with Crippen molar-refractivity contribution in [3.63, 3.8) is 0 Å². The van der Waals surface area contributed by atoms with Gasteiger partial charge in [-0.15, -0.1) is 0 Å². The highest BCUT2D eigenvalue weighted by atomic mass is 16.1. The van der Waals surface area contributed by atoms with Crippen molar-refractivity contribution in [2.45, 2.75) is 27.3 Å². The molecule has 1 aromatic carbocycles. The van der Waals surface area contributed by atoms with Crippen LogP contribution in [0.25, 0.3) is 0 Å². The van der Waals surface area contributed by atoms with Crippen LogP contribution in [0.2, 0.25) is 0 Å². The second-order valence-corrected chi connectivity index (χ2v) is 3.70. The summed E-state index contributed by atoms with van der Waals surface area (Å²) in [6.45, 7) is 5.66. The van der Waals surface area contributed by atoms with E-state index in [0.29, 0.717) is 6.54 Å². The number of nitrogens with one attached hydrogen (secondary N) is 2. The molecule has 0 radical (unpaired) electrons. The first kappa shape index (κ1) is 15.2. The van der Waals surface area contributed by atoms with E-state index in [2.05, 4.69) is 10.6 Å². The maximum atomic E-state index is 10.6. The van der Waals surface area contributed by atoms with E-state index in [1.807, 2.05) is 31.2 Å². The van der Waals surface area contributed by atoms with Crippen LogP contribution in [0.5, 0.6) is 0 Å². The monoisotopic (exact) mass is 236 g/mol. The first-order valence-corrected chi connectivity index (χ1v) is 5.44. The fourth-order valence-corrected chi connectivity index (χ4v) is 0.932. The summed E-state index contributed by atoms with van der Waals surface area (Å²) in [6, 6.07) is 8.12. The van der Waals surface area contributed by atoms with Gasteiger partial charge in [0.25, 0.3) is 0 Å². The largest absolute Gasteiger partial charge is 0.359 e. The number of carbonyl (C=O) groups excluding carboxylic acids is 2. The Morgan fingerprint density at radius 3 is 1.88 bits per heavy atom. The van der Waals surface area contributed by atoms with Gasteiger partial charge < -0.3 is 10.6 Å². The van der Waals surface area contributed by atoms with Crippen LogP contribution in [0.1, 0.15) is 25.0 Å². The van der Waals surface area contributed by atoms with E-state index in [0.717, 1.165) is 5.56 Å². The van der Waals surface area contributed by atoms with Gasteiger partial charge >= 0.3 is 0 Å². The van der Waals surface area contributed by atoms with Crippen molar-refractivity contribution in [3.8, 4) is 0 Å². The van der Waals surface area contributed by atoms with Crippen molar-refractivity contribution < 1.29 is 9.59 Å². The molecule has 1 aromatic rings. The van der Waals surface area contributed by atoms with Gasteiger partial charge in [-0.25, -0.2) is 0 Å². The summed E-state index contributed by atoms with van der Waals surface area (Å²) in [4.78, 5) is 20.3. The lowest BCUT2D eigenvalue weighted by Gasteiger charge is -2.01. The zero-order chi connectivity index (χ0) is 13.3. The fraction of sp³-hybridized carbons (Fsp3) is 0.385. The molecule has 2 amide bonds. The van der Waals surface area contributed by atoms with E-state index in [-0.39, 0.29) is 11.8 Å². The summed E-state index contributed by atoms with van der Waals surface area (Å²) in [5.74, 6) is 0.0144. The van der Waals surface area contributed by atoms with Crippen LogP contribution in [0, 0.1) is 6.92 Å². The topological polar surface area (TPSA) is 58.2 Å². The molecule has 94 valence electrons. The van der Waals surface area contributed by atoms with Crippen LogP contribution in [0.4, 0.5) is 0 Å². The first-order valence-electron chi connectivity index (χ1n) is 5.44. The minimum atomic E-state index is 0.00463. The summed E-state index contributed by atoms with van der Waals surface area (Å²) >= 11 is 0. The van der Waals surface area contributed by atoms with Gasteiger partial charge in [0.05, 0.1) is 0 Å². The van der Waals surface area contributed by atoms with Gasteiger partial charge in [0, 0.05) is 27.4 Å². The van der Waals surface area contributed by atoms with Crippen LogP contribution in [-0.4, -0.2) is 18.9 Å². The molecule has 0 saturated heterocycles. The minimum Gasteiger partial charge on any atom is -0.359 e. The molecule has 0 bridgehead atoms. The van der Waals surface area contributed by atoms with Gasteiger partial charge in [-0.05, 0) is 12.5 Å². The molecule has 0 fully saturated rings. The van der Waals surface area contributed by atoms with Crippen molar-refractivity contribution in [1.29, 1.82) is 0 Å². The highest BCUT2D eigenvalue weighted by Gasteiger charge is 1.92. The molecule has 4 nitrogen and oxygen atoms in total. The molecule has 0 saturated carbocycles. The molecule has 2 N–H and O–H groups in total. The highest BCUT2D eigenvalue weighted by Crippen LogP contribution is 2.01. The maximum absolute atomic E-state index is 10.6. The van der Waals surface area contributed by atoms with Gasteiger partial charge in [0.15, 0.2) is 0 Å². The van der Waals surface area contributed by atoms with E-state index in [4.69, 9.17) is 0 Å². The molecule has 0 aliphatic carbocycles. The molecule has 0 heterocycles. The van der Waals surface area contributed by atoms with E-state index >= 15 is 0 Å². The van der Waals surface area contributed by atoms with Gasteiger partial charge in [0.2, 0.25) is 11.8 Å². The Bertz CT molecular complexity index is 358. The minimum absolute atomic E-state index is 0.00463. The summed E-state index contributed by atoms with van der Waals surface area (Å²) in [5, 5.41) is 5.13. The molecule has 0 aromatic heterocycles. The SMILES string of the molecule is CC(=O)NCc1ccc(C)cc1.CNC(C)=O.